The molecule has 0 amide bonds. The van der Waals surface area contributed by atoms with E-state index in [0.717, 1.165) is 50.2 Å². The predicted octanol–water partition coefficient (Wildman–Crippen LogP) is 4.24. The van der Waals surface area contributed by atoms with Crippen LogP contribution in [-0.2, 0) is 6.18 Å². The number of rotatable bonds is 4. The van der Waals surface area contributed by atoms with Gasteiger partial charge in [0.1, 0.15) is 6.10 Å². The van der Waals surface area contributed by atoms with E-state index < -0.39 is 17.8 Å². The maximum Gasteiger partial charge on any atom is 0.416 e. The average molecular weight is 379 g/mol. The predicted molar refractivity (Wildman–Crippen MR) is 97.0 cm³/mol. The van der Waals surface area contributed by atoms with E-state index in [2.05, 4.69) is 22.0 Å². The zero-order valence-corrected chi connectivity index (χ0v) is 15.5. The van der Waals surface area contributed by atoms with Crippen molar-refractivity contribution in [3.8, 4) is 11.3 Å². The average Bonchev–Trinajstić information content (AvgIpc) is 2.67. The molecular formula is C20H24F3N3O. The molecule has 1 saturated heterocycles. The van der Waals surface area contributed by atoms with Crippen LogP contribution in [-0.4, -0.2) is 39.8 Å². The van der Waals surface area contributed by atoms with E-state index in [1.807, 2.05) is 6.92 Å². The second-order valence-electron chi connectivity index (χ2n) is 7.12. The van der Waals surface area contributed by atoms with Crippen molar-refractivity contribution in [3.63, 3.8) is 0 Å². The SMILES string of the molecule is CCN1CCCC(C(O)c2cc(C)c(-c3ccc(C(F)(F)F)cc3)nn2)C1. The number of likely N-dealkylation sites (tertiary alicyclic amines) is 1. The number of aliphatic hydroxyl groups excluding tert-OH is 1. The molecule has 1 N–H and O–H groups in total. The van der Waals surface area contributed by atoms with E-state index in [-0.39, 0.29) is 5.92 Å². The first-order valence-electron chi connectivity index (χ1n) is 9.22. The number of halogens is 3. The van der Waals surface area contributed by atoms with Crippen LogP contribution in [0.1, 0.15) is 42.7 Å². The molecule has 3 rings (SSSR count). The number of hydrogen-bond acceptors (Lipinski definition) is 4. The number of aliphatic hydroxyl groups is 1. The molecule has 2 aromatic rings. The molecule has 0 bridgehead atoms. The van der Waals surface area contributed by atoms with Crippen molar-refractivity contribution in [3.05, 3.63) is 47.2 Å². The Hall–Kier alpha value is -1.99. The van der Waals surface area contributed by atoms with Crippen LogP contribution in [0.25, 0.3) is 11.3 Å². The number of benzene rings is 1. The zero-order chi connectivity index (χ0) is 19.6. The third kappa shape index (κ3) is 4.47. The Kier molecular flexibility index (Phi) is 5.81. The van der Waals surface area contributed by atoms with Crippen molar-refractivity contribution in [1.29, 1.82) is 0 Å². The summed E-state index contributed by atoms with van der Waals surface area (Å²) in [4.78, 5) is 2.31. The van der Waals surface area contributed by atoms with Gasteiger partial charge in [0.25, 0.3) is 0 Å². The zero-order valence-electron chi connectivity index (χ0n) is 15.5. The van der Waals surface area contributed by atoms with E-state index in [1.165, 1.54) is 12.1 Å². The highest BCUT2D eigenvalue weighted by atomic mass is 19.4. The minimum Gasteiger partial charge on any atom is -0.386 e. The third-order valence-corrected chi connectivity index (χ3v) is 5.23. The fraction of sp³-hybridized carbons (Fsp3) is 0.500. The fourth-order valence-electron chi connectivity index (χ4n) is 3.63. The van der Waals surface area contributed by atoms with Gasteiger partial charge in [-0.05, 0) is 56.6 Å². The quantitative estimate of drug-likeness (QED) is 0.863. The molecule has 7 heteroatoms. The van der Waals surface area contributed by atoms with Gasteiger partial charge in [-0.15, -0.1) is 5.10 Å². The molecule has 4 nitrogen and oxygen atoms in total. The highest BCUT2D eigenvalue weighted by Crippen LogP contribution is 2.32. The lowest BCUT2D eigenvalue weighted by atomic mass is 9.90. The Morgan fingerprint density at radius 2 is 1.93 bits per heavy atom. The summed E-state index contributed by atoms with van der Waals surface area (Å²) in [7, 11) is 0. The second kappa shape index (κ2) is 7.94. The number of alkyl halides is 3. The largest absolute Gasteiger partial charge is 0.416 e. The summed E-state index contributed by atoms with van der Waals surface area (Å²) in [5, 5.41) is 19.1. The van der Waals surface area contributed by atoms with Crippen molar-refractivity contribution in [2.45, 2.75) is 39.0 Å². The van der Waals surface area contributed by atoms with Crippen LogP contribution in [0.5, 0.6) is 0 Å². The molecule has 0 saturated carbocycles. The van der Waals surface area contributed by atoms with Crippen molar-refractivity contribution >= 4 is 0 Å². The molecule has 0 spiro atoms. The molecule has 1 aromatic carbocycles. The maximum absolute atomic E-state index is 12.7. The summed E-state index contributed by atoms with van der Waals surface area (Å²) >= 11 is 0. The molecule has 1 aliphatic heterocycles. The normalized spacial score (nSPS) is 19.9. The molecule has 2 heterocycles. The standard InChI is InChI=1S/C20H24F3N3O/c1-3-26-10-4-5-15(12-26)19(27)17-11-13(2)18(25-24-17)14-6-8-16(9-7-14)20(21,22)23/h6-9,11,15,19,27H,3-5,10,12H2,1-2H3. The molecule has 146 valence electrons. The third-order valence-electron chi connectivity index (χ3n) is 5.23. The van der Waals surface area contributed by atoms with Crippen LogP contribution < -0.4 is 0 Å². The first kappa shape index (κ1) is 19.8. The molecule has 27 heavy (non-hydrogen) atoms. The summed E-state index contributed by atoms with van der Waals surface area (Å²) < 4.78 is 38.1. The second-order valence-corrected chi connectivity index (χ2v) is 7.12. The molecule has 0 radical (unpaired) electrons. The minimum atomic E-state index is -4.36. The van der Waals surface area contributed by atoms with Gasteiger partial charge in [0.05, 0.1) is 17.0 Å². The number of aryl methyl sites for hydroxylation is 1. The summed E-state index contributed by atoms with van der Waals surface area (Å²) in [5.74, 6) is 0.115. The van der Waals surface area contributed by atoms with Crippen molar-refractivity contribution in [2.24, 2.45) is 5.92 Å². The Labute approximate surface area is 157 Å². The molecular weight excluding hydrogens is 355 g/mol. The lowest BCUT2D eigenvalue weighted by Gasteiger charge is -2.34. The van der Waals surface area contributed by atoms with Gasteiger partial charge in [0, 0.05) is 18.0 Å². The topological polar surface area (TPSA) is 49.2 Å². The van der Waals surface area contributed by atoms with Crippen molar-refractivity contribution in [1.82, 2.24) is 15.1 Å². The van der Waals surface area contributed by atoms with Crippen LogP contribution in [0.3, 0.4) is 0 Å². The summed E-state index contributed by atoms with van der Waals surface area (Å²) in [6.45, 7) is 6.78. The lowest BCUT2D eigenvalue weighted by molar-refractivity contribution is -0.137. The van der Waals surface area contributed by atoms with Crippen LogP contribution in [0.4, 0.5) is 13.2 Å². The van der Waals surface area contributed by atoms with Crippen molar-refractivity contribution in [2.75, 3.05) is 19.6 Å². The van der Waals surface area contributed by atoms with E-state index >= 15 is 0 Å². The van der Waals surface area contributed by atoms with Crippen LogP contribution in [0.15, 0.2) is 30.3 Å². The Morgan fingerprint density at radius 3 is 2.52 bits per heavy atom. The number of aromatic nitrogens is 2. The van der Waals surface area contributed by atoms with Gasteiger partial charge < -0.3 is 10.0 Å². The molecule has 1 aliphatic rings. The van der Waals surface area contributed by atoms with Crippen molar-refractivity contribution < 1.29 is 18.3 Å². The van der Waals surface area contributed by atoms with Gasteiger partial charge in [-0.2, -0.15) is 18.3 Å². The summed E-state index contributed by atoms with van der Waals surface area (Å²) in [6.07, 6.45) is -3.06. The van der Waals surface area contributed by atoms with Gasteiger partial charge in [0.15, 0.2) is 0 Å². The monoisotopic (exact) mass is 379 g/mol. The lowest BCUT2D eigenvalue weighted by Crippen LogP contribution is -2.37. The fourth-order valence-corrected chi connectivity index (χ4v) is 3.63. The summed E-state index contributed by atoms with van der Waals surface area (Å²) in [5.41, 5.74) is 1.71. The molecule has 0 aliphatic carbocycles. The first-order valence-corrected chi connectivity index (χ1v) is 9.22. The highest BCUT2D eigenvalue weighted by molar-refractivity contribution is 5.62. The number of hydrogen-bond donors (Lipinski definition) is 1. The highest BCUT2D eigenvalue weighted by Gasteiger charge is 2.30. The van der Waals surface area contributed by atoms with E-state index in [0.29, 0.717) is 17.0 Å². The van der Waals surface area contributed by atoms with Gasteiger partial charge >= 0.3 is 6.18 Å². The summed E-state index contributed by atoms with van der Waals surface area (Å²) in [6, 6.07) is 6.67. The van der Waals surface area contributed by atoms with E-state index in [4.69, 9.17) is 0 Å². The molecule has 2 unspecified atom stereocenters. The van der Waals surface area contributed by atoms with Crippen LogP contribution in [0, 0.1) is 12.8 Å². The number of piperidine rings is 1. The number of nitrogens with zero attached hydrogens (tertiary/aromatic N) is 3. The molecule has 1 fully saturated rings. The molecule has 1 aromatic heterocycles. The van der Waals surface area contributed by atoms with Gasteiger partial charge in [-0.3, -0.25) is 0 Å². The van der Waals surface area contributed by atoms with Gasteiger partial charge in [0.2, 0.25) is 0 Å². The van der Waals surface area contributed by atoms with Gasteiger partial charge in [-0.25, -0.2) is 0 Å². The minimum absolute atomic E-state index is 0.115. The smallest absolute Gasteiger partial charge is 0.386 e. The van der Waals surface area contributed by atoms with E-state index in [1.54, 1.807) is 6.07 Å². The Morgan fingerprint density at radius 1 is 1.22 bits per heavy atom. The van der Waals surface area contributed by atoms with Crippen LogP contribution in [0.2, 0.25) is 0 Å². The Balaban J connectivity index is 1.79. The Bertz CT molecular complexity index is 777. The van der Waals surface area contributed by atoms with E-state index in [9.17, 15) is 18.3 Å². The molecule has 2 atom stereocenters. The first-order chi connectivity index (χ1) is 12.8. The maximum atomic E-state index is 12.7. The van der Waals surface area contributed by atoms with Gasteiger partial charge in [-0.1, -0.05) is 19.1 Å². The van der Waals surface area contributed by atoms with Crippen LogP contribution >= 0.6 is 0 Å².